The Morgan fingerprint density at radius 3 is 2.54 bits per heavy atom. The summed E-state index contributed by atoms with van der Waals surface area (Å²) in [5, 5.41) is 6.35. The van der Waals surface area contributed by atoms with Crippen LogP contribution in [0.3, 0.4) is 0 Å². The molecule has 3 aromatic carbocycles. The van der Waals surface area contributed by atoms with Gasteiger partial charge in [0, 0.05) is 44.6 Å². The highest BCUT2D eigenvalue weighted by molar-refractivity contribution is 5.88. The maximum atomic E-state index is 12.7. The van der Waals surface area contributed by atoms with Crippen LogP contribution in [-0.4, -0.2) is 35.3 Å². The van der Waals surface area contributed by atoms with Gasteiger partial charge in [0.05, 0.1) is 5.54 Å². The van der Waals surface area contributed by atoms with Gasteiger partial charge in [-0.3, -0.25) is 14.5 Å². The van der Waals surface area contributed by atoms with E-state index >= 15 is 0 Å². The van der Waals surface area contributed by atoms with Crippen LogP contribution in [0.2, 0.25) is 0 Å². The molecule has 180 valence electrons. The fourth-order valence-corrected chi connectivity index (χ4v) is 5.79. The maximum absolute atomic E-state index is 12.7. The summed E-state index contributed by atoms with van der Waals surface area (Å²) in [5.74, 6) is 0.244. The third kappa shape index (κ3) is 5.30. The maximum Gasteiger partial charge on any atom is 0.221 e. The molecule has 2 fully saturated rings. The van der Waals surface area contributed by atoms with Gasteiger partial charge in [0.2, 0.25) is 11.8 Å². The summed E-state index contributed by atoms with van der Waals surface area (Å²) < 4.78 is 0. The SMILES string of the molecule is CC(=O)Nc1cccc([C@@H]2CN(Cc3ccc(-c4ccccc4)cc3)C[C@]23CCCCC(=O)N3)c1. The topological polar surface area (TPSA) is 61.4 Å². The largest absolute Gasteiger partial charge is 0.349 e. The van der Waals surface area contributed by atoms with Crippen LogP contribution >= 0.6 is 0 Å². The first-order chi connectivity index (χ1) is 17.0. The summed E-state index contributed by atoms with van der Waals surface area (Å²) in [5.41, 5.74) is 5.40. The highest BCUT2D eigenvalue weighted by Gasteiger charge is 2.48. The molecule has 2 aliphatic rings. The number of carbonyl (C=O) groups excluding carboxylic acids is 2. The number of carbonyl (C=O) groups is 2. The zero-order valence-electron chi connectivity index (χ0n) is 20.3. The molecule has 35 heavy (non-hydrogen) atoms. The molecule has 2 aliphatic heterocycles. The van der Waals surface area contributed by atoms with Gasteiger partial charge in [0.15, 0.2) is 0 Å². The van der Waals surface area contributed by atoms with Crippen molar-refractivity contribution in [2.45, 2.75) is 50.6 Å². The average molecular weight is 468 g/mol. The summed E-state index contributed by atoms with van der Waals surface area (Å²) in [4.78, 5) is 26.8. The van der Waals surface area contributed by atoms with Gasteiger partial charge in [0.1, 0.15) is 0 Å². The second-order valence-corrected chi connectivity index (χ2v) is 10.0. The van der Waals surface area contributed by atoms with E-state index in [2.05, 4.69) is 76.2 Å². The molecule has 5 rings (SSSR count). The van der Waals surface area contributed by atoms with Crippen LogP contribution in [0, 0.1) is 0 Å². The van der Waals surface area contributed by atoms with E-state index in [1.54, 1.807) is 0 Å². The average Bonchev–Trinajstić information content (AvgIpc) is 3.08. The molecule has 2 amide bonds. The molecule has 0 bridgehead atoms. The normalized spacial score (nSPS) is 22.5. The van der Waals surface area contributed by atoms with Crippen LogP contribution < -0.4 is 10.6 Å². The lowest BCUT2D eigenvalue weighted by molar-refractivity contribution is -0.122. The van der Waals surface area contributed by atoms with Crippen LogP contribution in [0.4, 0.5) is 5.69 Å². The zero-order valence-corrected chi connectivity index (χ0v) is 20.3. The van der Waals surface area contributed by atoms with Crippen molar-refractivity contribution >= 4 is 17.5 Å². The van der Waals surface area contributed by atoms with Crippen molar-refractivity contribution in [3.63, 3.8) is 0 Å². The Labute approximate surface area is 207 Å². The molecule has 0 unspecified atom stereocenters. The smallest absolute Gasteiger partial charge is 0.221 e. The van der Waals surface area contributed by atoms with Gasteiger partial charge in [-0.1, -0.05) is 73.2 Å². The lowest BCUT2D eigenvalue weighted by Crippen LogP contribution is -2.52. The van der Waals surface area contributed by atoms with Gasteiger partial charge < -0.3 is 10.6 Å². The Hall–Kier alpha value is -3.44. The zero-order chi connectivity index (χ0) is 24.3. The molecule has 5 nitrogen and oxygen atoms in total. The van der Waals surface area contributed by atoms with Crippen molar-refractivity contribution in [3.05, 3.63) is 90.0 Å². The Balaban J connectivity index is 1.39. The summed E-state index contributed by atoms with van der Waals surface area (Å²) in [6.45, 7) is 4.06. The number of rotatable bonds is 5. The van der Waals surface area contributed by atoms with Crippen LogP contribution in [0.25, 0.3) is 11.1 Å². The Morgan fingerprint density at radius 1 is 1.00 bits per heavy atom. The van der Waals surface area contributed by atoms with Crippen LogP contribution in [0.5, 0.6) is 0 Å². The van der Waals surface area contributed by atoms with Crippen molar-refractivity contribution in [3.8, 4) is 11.1 Å². The van der Waals surface area contributed by atoms with E-state index in [9.17, 15) is 9.59 Å². The summed E-state index contributed by atoms with van der Waals surface area (Å²) in [6, 6.07) is 27.4. The molecule has 0 aromatic heterocycles. The molecule has 2 atom stereocenters. The molecule has 0 saturated carbocycles. The van der Waals surface area contributed by atoms with Crippen LogP contribution in [0.1, 0.15) is 49.7 Å². The minimum atomic E-state index is -0.285. The standard InChI is InChI=1S/C30H33N3O2/c1-22(34)31-27-11-7-10-26(18-27)28-20-33(21-30(28)17-6-5-12-29(35)32-30)19-23-13-15-25(16-14-23)24-8-3-2-4-9-24/h2-4,7-11,13-16,18,28H,5-6,12,17,19-21H2,1H3,(H,31,34)(H,32,35)/t28-,30+/m0/s1. The summed E-state index contributed by atoms with van der Waals surface area (Å²) >= 11 is 0. The molecule has 2 heterocycles. The van der Waals surface area contributed by atoms with E-state index in [1.807, 2.05) is 18.2 Å². The monoisotopic (exact) mass is 467 g/mol. The predicted octanol–water partition coefficient (Wildman–Crippen LogP) is 5.34. The van der Waals surface area contributed by atoms with E-state index in [-0.39, 0.29) is 23.3 Å². The third-order valence-corrected chi connectivity index (χ3v) is 7.36. The Kier molecular flexibility index (Phi) is 6.69. The molecule has 2 N–H and O–H groups in total. The summed E-state index contributed by atoms with van der Waals surface area (Å²) in [7, 11) is 0. The molecule has 0 aliphatic carbocycles. The number of nitrogens with one attached hydrogen (secondary N) is 2. The van der Waals surface area contributed by atoms with Crippen LogP contribution in [-0.2, 0) is 16.1 Å². The number of benzene rings is 3. The van der Waals surface area contributed by atoms with E-state index < -0.39 is 0 Å². The lowest BCUT2D eigenvalue weighted by Gasteiger charge is -2.35. The molecular weight excluding hydrogens is 434 g/mol. The molecular formula is C30H33N3O2. The first-order valence-corrected chi connectivity index (χ1v) is 12.6. The second-order valence-electron chi connectivity index (χ2n) is 10.0. The van der Waals surface area contributed by atoms with Gasteiger partial charge in [-0.15, -0.1) is 0 Å². The predicted molar refractivity (Wildman–Crippen MR) is 140 cm³/mol. The highest BCUT2D eigenvalue weighted by Crippen LogP contribution is 2.42. The number of anilines is 1. The molecule has 1 spiro atoms. The van der Waals surface area contributed by atoms with Crippen molar-refractivity contribution in [1.82, 2.24) is 10.2 Å². The Bertz CT molecular complexity index is 1190. The van der Waals surface area contributed by atoms with E-state index in [1.165, 1.54) is 29.2 Å². The van der Waals surface area contributed by atoms with Gasteiger partial charge >= 0.3 is 0 Å². The third-order valence-electron chi connectivity index (χ3n) is 7.36. The van der Waals surface area contributed by atoms with Gasteiger partial charge in [0.25, 0.3) is 0 Å². The number of hydrogen-bond donors (Lipinski definition) is 2. The van der Waals surface area contributed by atoms with Crippen LogP contribution in [0.15, 0.2) is 78.9 Å². The van der Waals surface area contributed by atoms with Crippen molar-refractivity contribution in [1.29, 1.82) is 0 Å². The number of amides is 2. The van der Waals surface area contributed by atoms with Crippen molar-refractivity contribution in [2.75, 3.05) is 18.4 Å². The van der Waals surface area contributed by atoms with E-state index in [4.69, 9.17) is 0 Å². The number of hydrogen-bond acceptors (Lipinski definition) is 3. The van der Waals surface area contributed by atoms with Gasteiger partial charge in [-0.2, -0.15) is 0 Å². The Morgan fingerprint density at radius 2 is 1.77 bits per heavy atom. The fourth-order valence-electron chi connectivity index (χ4n) is 5.79. The summed E-state index contributed by atoms with van der Waals surface area (Å²) in [6.07, 6.45) is 3.55. The van der Waals surface area contributed by atoms with Crippen molar-refractivity contribution < 1.29 is 9.59 Å². The minimum absolute atomic E-state index is 0.0772. The first-order valence-electron chi connectivity index (χ1n) is 12.6. The quantitative estimate of drug-likeness (QED) is 0.532. The van der Waals surface area contributed by atoms with Gasteiger partial charge in [-0.05, 0) is 47.2 Å². The van der Waals surface area contributed by atoms with E-state index in [0.717, 1.165) is 44.6 Å². The second kappa shape index (κ2) is 10.0. The number of nitrogens with zero attached hydrogens (tertiary/aromatic N) is 1. The van der Waals surface area contributed by atoms with E-state index in [0.29, 0.717) is 6.42 Å². The lowest BCUT2D eigenvalue weighted by atomic mass is 9.79. The number of likely N-dealkylation sites (tertiary alicyclic amines) is 1. The molecule has 3 aromatic rings. The minimum Gasteiger partial charge on any atom is -0.349 e. The highest BCUT2D eigenvalue weighted by atomic mass is 16.2. The first kappa shape index (κ1) is 23.3. The molecule has 2 saturated heterocycles. The van der Waals surface area contributed by atoms with Gasteiger partial charge in [-0.25, -0.2) is 0 Å². The molecule has 0 radical (unpaired) electrons. The molecule has 5 heteroatoms. The van der Waals surface area contributed by atoms with Crippen molar-refractivity contribution in [2.24, 2.45) is 0 Å². The fraction of sp³-hybridized carbons (Fsp3) is 0.333.